The molecule has 3 rings (SSSR count). The van der Waals surface area contributed by atoms with Gasteiger partial charge in [0.25, 0.3) is 0 Å². The molecule has 22 heavy (non-hydrogen) atoms. The molecule has 0 saturated heterocycles. The lowest BCUT2D eigenvalue weighted by molar-refractivity contribution is 0.317. The second-order valence-corrected chi connectivity index (χ2v) is 4.99. The lowest BCUT2D eigenvalue weighted by Gasteiger charge is -2.08. The van der Waals surface area contributed by atoms with E-state index in [1.54, 1.807) is 0 Å². The van der Waals surface area contributed by atoms with Crippen LogP contribution in [0.1, 0.15) is 12.2 Å². The van der Waals surface area contributed by atoms with Crippen LogP contribution in [0.2, 0.25) is 0 Å². The Bertz CT molecular complexity index is 787. The topological polar surface area (TPSA) is 50.8 Å². The molecule has 0 aliphatic heterocycles. The third kappa shape index (κ3) is 3.09. The van der Waals surface area contributed by atoms with Gasteiger partial charge in [0.1, 0.15) is 11.6 Å². The summed E-state index contributed by atoms with van der Waals surface area (Å²) in [5, 5.41) is 8.84. The SMILES string of the molecule is N#CCCn1c(CCOc2ccccc2)nc2ccccc21. The van der Waals surface area contributed by atoms with Gasteiger partial charge in [-0.3, -0.25) is 0 Å². The minimum Gasteiger partial charge on any atom is -0.493 e. The van der Waals surface area contributed by atoms with Crippen LogP contribution in [0.15, 0.2) is 54.6 Å². The van der Waals surface area contributed by atoms with Gasteiger partial charge < -0.3 is 9.30 Å². The number of aromatic nitrogens is 2. The van der Waals surface area contributed by atoms with Crippen molar-refractivity contribution < 1.29 is 4.74 Å². The second-order valence-electron chi connectivity index (χ2n) is 4.99. The summed E-state index contributed by atoms with van der Waals surface area (Å²) in [6.07, 6.45) is 1.20. The summed E-state index contributed by atoms with van der Waals surface area (Å²) in [5.74, 6) is 1.83. The highest BCUT2D eigenvalue weighted by molar-refractivity contribution is 5.75. The molecule has 0 amide bonds. The van der Waals surface area contributed by atoms with Gasteiger partial charge in [-0.25, -0.2) is 4.98 Å². The molecule has 0 atom stereocenters. The zero-order valence-electron chi connectivity index (χ0n) is 12.3. The molecular weight excluding hydrogens is 274 g/mol. The number of rotatable bonds is 6. The summed E-state index contributed by atoms with van der Waals surface area (Å²) in [7, 11) is 0. The number of nitriles is 1. The summed E-state index contributed by atoms with van der Waals surface area (Å²) in [6, 6.07) is 20.0. The third-order valence-corrected chi connectivity index (χ3v) is 3.52. The normalized spacial score (nSPS) is 10.5. The van der Waals surface area contributed by atoms with E-state index in [4.69, 9.17) is 10.00 Å². The van der Waals surface area contributed by atoms with E-state index < -0.39 is 0 Å². The predicted octanol–water partition coefficient (Wildman–Crippen LogP) is 3.57. The van der Waals surface area contributed by atoms with Gasteiger partial charge in [-0.15, -0.1) is 0 Å². The monoisotopic (exact) mass is 291 g/mol. The van der Waals surface area contributed by atoms with Gasteiger partial charge in [-0.2, -0.15) is 5.26 Å². The molecule has 1 heterocycles. The molecule has 2 aromatic carbocycles. The lowest BCUT2D eigenvalue weighted by atomic mass is 10.3. The van der Waals surface area contributed by atoms with E-state index in [2.05, 4.69) is 15.6 Å². The fraction of sp³-hybridized carbons (Fsp3) is 0.222. The highest BCUT2D eigenvalue weighted by Gasteiger charge is 2.10. The molecule has 0 aliphatic rings. The van der Waals surface area contributed by atoms with Crippen molar-refractivity contribution in [2.45, 2.75) is 19.4 Å². The molecule has 0 spiro atoms. The number of benzene rings is 2. The van der Waals surface area contributed by atoms with Gasteiger partial charge in [0.05, 0.1) is 30.1 Å². The lowest BCUT2D eigenvalue weighted by Crippen LogP contribution is -2.09. The number of ether oxygens (including phenoxy) is 1. The van der Waals surface area contributed by atoms with Crippen LogP contribution in [0, 0.1) is 11.3 Å². The zero-order valence-corrected chi connectivity index (χ0v) is 12.3. The molecule has 4 heteroatoms. The molecule has 0 fully saturated rings. The molecule has 4 nitrogen and oxygen atoms in total. The zero-order chi connectivity index (χ0) is 15.2. The molecular formula is C18H17N3O. The quantitative estimate of drug-likeness (QED) is 0.697. The maximum absolute atomic E-state index is 8.84. The largest absolute Gasteiger partial charge is 0.493 e. The van der Waals surface area contributed by atoms with Crippen molar-refractivity contribution >= 4 is 11.0 Å². The Balaban J connectivity index is 1.76. The maximum Gasteiger partial charge on any atom is 0.119 e. The molecule has 0 bridgehead atoms. The smallest absolute Gasteiger partial charge is 0.119 e. The number of aryl methyl sites for hydroxylation is 1. The minimum absolute atomic E-state index is 0.479. The van der Waals surface area contributed by atoms with Crippen LogP contribution in [-0.2, 0) is 13.0 Å². The molecule has 0 unspecified atom stereocenters. The molecule has 0 saturated carbocycles. The first-order valence-electron chi connectivity index (χ1n) is 7.37. The number of imidazole rings is 1. The summed E-state index contributed by atoms with van der Waals surface area (Å²) < 4.78 is 7.87. The summed E-state index contributed by atoms with van der Waals surface area (Å²) >= 11 is 0. The Kier molecular flexibility index (Phi) is 4.35. The Hall–Kier alpha value is -2.80. The van der Waals surface area contributed by atoms with Crippen LogP contribution in [0.5, 0.6) is 5.75 Å². The molecule has 0 radical (unpaired) electrons. The van der Waals surface area contributed by atoms with Crippen molar-refractivity contribution in [1.82, 2.24) is 9.55 Å². The van der Waals surface area contributed by atoms with Crippen LogP contribution in [0.25, 0.3) is 11.0 Å². The number of nitrogens with zero attached hydrogens (tertiary/aromatic N) is 3. The second kappa shape index (κ2) is 6.77. The maximum atomic E-state index is 8.84. The van der Waals surface area contributed by atoms with Crippen LogP contribution < -0.4 is 4.74 Å². The van der Waals surface area contributed by atoms with Gasteiger partial charge in [0, 0.05) is 13.0 Å². The van der Waals surface area contributed by atoms with Crippen molar-refractivity contribution in [3.63, 3.8) is 0 Å². The van der Waals surface area contributed by atoms with E-state index in [0.29, 0.717) is 19.6 Å². The Morgan fingerprint density at radius 2 is 1.82 bits per heavy atom. The van der Waals surface area contributed by atoms with Gasteiger partial charge >= 0.3 is 0 Å². The molecule has 110 valence electrons. The van der Waals surface area contributed by atoms with Gasteiger partial charge in [0.15, 0.2) is 0 Å². The van der Waals surface area contributed by atoms with Crippen molar-refractivity contribution in [2.75, 3.05) is 6.61 Å². The van der Waals surface area contributed by atoms with Crippen molar-refractivity contribution in [1.29, 1.82) is 5.26 Å². The average molecular weight is 291 g/mol. The van der Waals surface area contributed by atoms with E-state index in [0.717, 1.165) is 29.0 Å². The van der Waals surface area contributed by atoms with E-state index in [-0.39, 0.29) is 0 Å². The molecule has 0 aliphatic carbocycles. The van der Waals surface area contributed by atoms with E-state index in [1.165, 1.54) is 0 Å². The van der Waals surface area contributed by atoms with E-state index in [9.17, 15) is 0 Å². The van der Waals surface area contributed by atoms with Crippen LogP contribution >= 0.6 is 0 Å². The van der Waals surface area contributed by atoms with Gasteiger partial charge in [0.2, 0.25) is 0 Å². The predicted molar refractivity (Wildman–Crippen MR) is 85.6 cm³/mol. The first-order chi connectivity index (χ1) is 10.9. The molecule has 1 aromatic heterocycles. The minimum atomic E-state index is 0.479. The Morgan fingerprint density at radius 1 is 1.05 bits per heavy atom. The number of hydrogen-bond acceptors (Lipinski definition) is 3. The first kappa shape index (κ1) is 14.2. The Morgan fingerprint density at radius 3 is 2.64 bits per heavy atom. The van der Waals surface area contributed by atoms with Gasteiger partial charge in [-0.05, 0) is 24.3 Å². The molecule has 0 N–H and O–H groups in total. The van der Waals surface area contributed by atoms with Crippen molar-refractivity contribution in [2.24, 2.45) is 0 Å². The van der Waals surface area contributed by atoms with Gasteiger partial charge in [-0.1, -0.05) is 30.3 Å². The van der Waals surface area contributed by atoms with Crippen molar-refractivity contribution in [3.05, 3.63) is 60.4 Å². The van der Waals surface area contributed by atoms with Crippen molar-refractivity contribution in [3.8, 4) is 11.8 Å². The summed E-state index contributed by atoms with van der Waals surface area (Å²) in [6.45, 7) is 1.23. The molecule has 3 aromatic rings. The number of hydrogen-bond donors (Lipinski definition) is 0. The summed E-state index contributed by atoms with van der Waals surface area (Å²) in [4.78, 5) is 4.67. The van der Waals surface area contributed by atoms with E-state index >= 15 is 0 Å². The number of fused-ring (bicyclic) bond motifs is 1. The average Bonchev–Trinajstić information content (AvgIpc) is 2.91. The standard InChI is InChI=1S/C18H17N3O/c19-12-6-13-21-17-10-5-4-9-16(17)20-18(21)11-14-22-15-7-2-1-3-8-15/h1-5,7-10H,6,11,13-14H2. The highest BCUT2D eigenvalue weighted by atomic mass is 16.5. The third-order valence-electron chi connectivity index (χ3n) is 3.52. The number of para-hydroxylation sites is 3. The Labute approximate surface area is 129 Å². The first-order valence-corrected chi connectivity index (χ1v) is 7.37. The fourth-order valence-electron chi connectivity index (χ4n) is 2.50. The highest BCUT2D eigenvalue weighted by Crippen LogP contribution is 2.17. The van der Waals surface area contributed by atoms with Crippen LogP contribution in [0.3, 0.4) is 0 Å². The fourth-order valence-corrected chi connectivity index (χ4v) is 2.50. The van der Waals surface area contributed by atoms with Crippen LogP contribution in [-0.4, -0.2) is 16.2 Å². The van der Waals surface area contributed by atoms with E-state index in [1.807, 2.05) is 54.6 Å². The van der Waals surface area contributed by atoms with Crippen LogP contribution in [0.4, 0.5) is 0 Å². The summed E-state index contributed by atoms with van der Waals surface area (Å²) in [5.41, 5.74) is 2.04.